The van der Waals surface area contributed by atoms with Gasteiger partial charge in [0, 0.05) is 35.4 Å². The van der Waals surface area contributed by atoms with Crippen LogP contribution in [0.3, 0.4) is 0 Å². The number of amides is 1. The maximum atomic E-state index is 11.8. The van der Waals surface area contributed by atoms with Crippen molar-refractivity contribution >= 4 is 40.8 Å². The molecular formula is C19H19ClN4O5. The molecule has 0 radical (unpaired) electrons. The third kappa shape index (κ3) is 5.90. The Morgan fingerprint density at radius 2 is 2.10 bits per heavy atom. The first kappa shape index (κ1) is 20.6. The van der Waals surface area contributed by atoms with Gasteiger partial charge in [0.05, 0.1) is 24.4 Å². The van der Waals surface area contributed by atoms with E-state index in [9.17, 15) is 14.9 Å². The minimum absolute atomic E-state index is 0.0189. The van der Waals surface area contributed by atoms with E-state index >= 15 is 0 Å². The molecule has 29 heavy (non-hydrogen) atoms. The molecule has 10 heteroatoms. The fourth-order valence-electron chi connectivity index (χ4n) is 2.80. The number of nitrogens with one attached hydrogen (secondary N) is 1. The molecule has 0 saturated carbocycles. The van der Waals surface area contributed by atoms with Crippen LogP contribution in [0.1, 0.15) is 5.56 Å². The Balaban J connectivity index is 1.57. The summed E-state index contributed by atoms with van der Waals surface area (Å²) in [6.07, 6.45) is 1.32. The Bertz CT molecular complexity index is 915. The number of hydrogen-bond acceptors (Lipinski definition) is 7. The first-order chi connectivity index (χ1) is 14.0. The largest absolute Gasteiger partial charge is 0.386 e. The van der Waals surface area contributed by atoms with Crippen LogP contribution in [0.5, 0.6) is 0 Å². The number of benzene rings is 2. The predicted octanol–water partition coefficient (Wildman–Crippen LogP) is 3.07. The van der Waals surface area contributed by atoms with Crippen molar-refractivity contribution in [2.45, 2.75) is 0 Å². The third-order valence-electron chi connectivity index (χ3n) is 4.13. The first-order valence-electron chi connectivity index (χ1n) is 8.85. The number of ether oxygens (including phenoxy) is 1. The van der Waals surface area contributed by atoms with E-state index < -0.39 is 10.8 Å². The lowest BCUT2D eigenvalue weighted by Gasteiger charge is -2.28. The maximum absolute atomic E-state index is 11.8. The molecule has 1 amide bonds. The van der Waals surface area contributed by atoms with Crippen LogP contribution in [-0.4, -0.2) is 50.0 Å². The summed E-state index contributed by atoms with van der Waals surface area (Å²) in [5.41, 5.74) is 1.56. The van der Waals surface area contributed by atoms with Crippen LogP contribution < -0.4 is 10.2 Å². The number of carbonyl (C=O) groups excluding carboxylic acids is 1. The maximum Gasteiger partial charge on any atom is 0.293 e. The van der Waals surface area contributed by atoms with E-state index in [0.29, 0.717) is 48.3 Å². The van der Waals surface area contributed by atoms with Gasteiger partial charge in [-0.1, -0.05) is 28.9 Å². The Labute approximate surface area is 172 Å². The second-order valence-corrected chi connectivity index (χ2v) is 6.61. The number of morpholine rings is 1. The molecule has 0 aliphatic carbocycles. The smallest absolute Gasteiger partial charge is 0.293 e. The normalized spacial score (nSPS) is 14.0. The van der Waals surface area contributed by atoms with E-state index in [1.165, 1.54) is 12.3 Å². The van der Waals surface area contributed by atoms with Crippen LogP contribution in [0.4, 0.5) is 17.1 Å². The van der Waals surface area contributed by atoms with Crippen LogP contribution in [0, 0.1) is 10.1 Å². The minimum Gasteiger partial charge on any atom is -0.386 e. The van der Waals surface area contributed by atoms with Gasteiger partial charge in [0.1, 0.15) is 5.69 Å². The third-order valence-corrected chi connectivity index (χ3v) is 4.36. The van der Waals surface area contributed by atoms with Crippen molar-refractivity contribution in [2.75, 3.05) is 43.1 Å². The van der Waals surface area contributed by atoms with Gasteiger partial charge in [0.25, 0.3) is 11.6 Å². The summed E-state index contributed by atoms with van der Waals surface area (Å²) in [6, 6.07) is 11.5. The molecule has 2 aromatic carbocycles. The zero-order valence-electron chi connectivity index (χ0n) is 15.4. The topological polar surface area (TPSA) is 106 Å². The van der Waals surface area contributed by atoms with E-state index in [-0.39, 0.29) is 12.3 Å². The quantitative estimate of drug-likeness (QED) is 0.420. The lowest BCUT2D eigenvalue weighted by Crippen LogP contribution is -2.36. The first-order valence-corrected chi connectivity index (χ1v) is 9.22. The number of nitro groups is 1. The number of carbonyl (C=O) groups is 1. The molecule has 0 aromatic heterocycles. The van der Waals surface area contributed by atoms with Crippen LogP contribution in [0.15, 0.2) is 47.6 Å². The van der Waals surface area contributed by atoms with Gasteiger partial charge in [-0.2, -0.15) is 0 Å². The van der Waals surface area contributed by atoms with Gasteiger partial charge in [-0.25, -0.2) is 0 Å². The van der Waals surface area contributed by atoms with Gasteiger partial charge < -0.3 is 19.8 Å². The Kier molecular flexibility index (Phi) is 6.99. The molecule has 9 nitrogen and oxygen atoms in total. The zero-order valence-corrected chi connectivity index (χ0v) is 16.2. The van der Waals surface area contributed by atoms with Crippen molar-refractivity contribution in [1.82, 2.24) is 0 Å². The summed E-state index contributed by atoms with van der Waals surface area (Å²) in [6.45, 7) is 1.95. The average molecular weight is 419 g/mol. The monoisotopic (exact) mass is 418 g/mol. The molecule has 1 aliphatic heterocycles. The molecule has 1 aliphatic rings. The number of halogens is 1. The Hall–Kier alpha value is -3.17. The van der Waals surface area contributed by atoms with Crippen molar-refractivity contribution in [2.24, 2.45) is 5.16 Å². The molecule has 1 N–H and O–H groups in total. The van der Waals surface area contributed by atoms with Crippen LogP contribution in [0.2, 0.25) is 5.02 Å². The van der Waals surface area contributed by atoms with E-state index in [2.05, 4.69) is 10.5 Å². The molecule has 0 atom stereocenters. The molecular weight excluding hydrogens is 400 g/mol. The highest BCUT2D eigenvalue weighted by molar-refractivity contribution is 6.30. The van der Waals surface area contributed by atoms with E-state index in [1.807, 2.05) is 4.90 Å². The molecule has 0 spiro atoms. The SMILES string of the molecule is O=C(CO/N=C\c1ccc(N2CCOCC2)c([N+](=O)[O-])c1)Nc1cccc(Cl)c1. The Morgan fingerprint density at radius 3 is 2.83 bits per heavy atom. The molecule has 3 rings (SSSR count). The van der Waals surface area contributed by atoms with Crippen molar-refractivity contribution in [3.8, 4) is 0 Å². The van der Waals surface area contributed by atoms with Crippen LogP contribution >= 0.6 is 11.6 Å². The van der Waals surface area contributed by atoms with Gasteiger partial charge in [-0.05, 0) is 24.3 Å². The minimum atomic E-state index is -0.429. The Morgan fingerprint density at radius 1 is 1.31 bits per heavy atom. The van der Waals surface area contributed by atoms with Gasteiger partial charge in [0.2, 0.25) is 0 Å². The van der Waals surface area contributed by atoms with Gasteiger partial charge in [0.15, 0.2) is 6.61 Å². The number of oxime groups is 1. The standard InChI is InChI=1S/C19H19ClN4O5/c20-15-2-1-3-16(11-15)22-19(25)13-29-21-12-14-4-5-17(18(10-14)24(26)27)23-6-8-28-9-7-23/h1-5,10-12H,6-9,13H2,(H,22,25)/b21-12-. The number of rotatable bonds is 7. The number of anilines is 2. The summed E-state index contributed by atoms with van der Waals surface area (Å²) in [5.74, 6) is -0.405. The summed E-state index contributed by atoms with van der Waals surface area (Å²) >= 11 is 5.86. The fourth-order valence-corrected chi connectivity index (χ4v) is 2.99. The van der Waals surface area contributed by atoms with Crippen molar-refractivity contribution in [3.63, 3.8) is 0 Å². The second-order valence-electron chi connectivity index (χ2n) is 6.17. The number of nitrogens with zero attached hydrogens (tertiary/aromatic N) is 3. The molecule has 0 unspecified atom stereocenters. The van der Waals surface area contributed by atoms with Gasteiger partial charge in [-0.3, -0.25) is 14.9 Å². The highest BCUT2D eigenvalue weighted by Gasteiger charge is 2.21. The lowest BCUT2D eigenvalue weighted by atomic mass is 10.1. The van der Waals surface area contributed by atoms with Gasteiger partial charge >= 0.3 is 0 Å². The number of nitro benzene ring substituents is 1. The van der Waals surface area contributed by atoms with Crippen molar-refractivity contribution < 1.29 is 19.3 Å². The van der Waals surface area contributed by atoms with Crippen molar-refractivity contribution in [1.29, 1.82) is 0 Å². The summed E-state index contributed by atoms with van der Waals surface area (Å²) in [4.78, 5) is 29.7. The predicted molar refractivity (Wildman–Crippen MR) is 110 cm³/mol. The second kappa shape index (κ2) is 9.85. The van der Waals surface area contributed by atoms with Crippen LogP contribution in [0.25, 0.3) is 0 Å². The highest BCUT2D eigenvalue weighted by atomic mass is 35.5. The lowest BCUT2D eigenvalue weighted by molar-refractivity contribution is -0.384. The van der Waals surface area contributed by atoms with Crippen molar-refractivity contribution in [3.05, 3.63) is 63.2 Å². The average Bonchev–Trinajstić information content (AvgIpc) is 2.72. The fraction of sp³-hybridized carbons (Fsp3) is 0.263. The number of hydrogen-bond donors (Lipinski definition) is 1. The van der Waals surface area contributed by atoms with E-state index in [1.54, 1.807) is 36.4 Å². The molecule has 152 valence electrons. The zero-order chi connectivity index (χ0) is 20.6. The molecule has 1 saturated heterocycles. The van der Waals surface area contributed by atoms with Crippen LogP contribution in [-0.2, 0) is 14.4 Å². The summed E-state index contributed by atoms with van der Waals surface area (Å²) < 4.78 is 5.28. The molecule has 1 fully saturated rings. The van der Waals surface area contributed by atoms with Gasteiger partial charge in [-0.15, -0.1) is 0 Å². The summed E-state index contributed by atoms with van der Waals surface area (Å²) in [5, 5.41) is 18.3. The van der Waals surface area contributed by atoms with E-state index in [0.717, 1.165) is 0 Å². The molecule has 2 aromatic rings. The molecule has 1 heterocycles. The van der Waals surface area contributed by atoms with E-state index in [4.69, 9.17) is 21.2 Å². The highest BCUT2D eigenvalue weighted by Crippen LogP contribution is 2.29. The summed E-state index contributed by atoms with van der Waals surface area (Å²) in [7, 11) is 0. The molecule has 0 bridgehead atoms.